The van der Waals surface area contributed by atoms with E-state index in [0.29, 0.717) is 18.8 Å². The Balaban J connectivity index is 1.87. The Morgan fingerprint density at radius 1 is 0.543 bits per heavy atom. The molecule has 10 heteroatoms. The van der Waals surface area contributed by atoms with Crippen molar-refractivity contribution in [3.05, 3.63) is 31.5 Å². The Labute approximate surface area is 273 Å². The van der Waals surface area contributed by atoms with Gasteiger partial charge in [0.2, 0.25) is 12.2 Å². The van der Waals surface area contributed by atoms with Crippen molar-refractivity contribution in [2.75, 3.05) is 0 Å². The van der Waals surface area contributed by atoms with Gasteiger partial charge in [0, 0.05) is 19.6 Å². The predicted molar refractivity (Wildman–Crippen MR) is 179 cm³/mol. The maximum atomic E-state index is 14.4. The topological polar surface area (TPSA) is 125 Å². The van der Waals surface area contributed by atoms with Crippen LogP contribution in [-0.2, 0) is 29.2 Å². The lowest BCUT2D eigenvalue weighted by Gasteiger charge is -2.46. The van der Waals surface area contributed by atoms with E-state index in [2.05, 4.69) is 65.4 Å². The van der Waals surface area contributed by atoms with Gasteiger partial charge in [0.25, 0.3) is 0 Å². The highest BCUT2D eigenvalue weighted by Crippen LogP contribution is 2.50. The minimum atomic E-state index is -0.603. The molecule has 3 aliphatic carbocycles. The monoisotopic (exact) mass is 639 g/mol. The summed E-state index contributed by atoms with van der Waals surface area (Å²) in [6.45, 7) is 22.0. The molecule has 0 amide bonds. The maximum Gasteiger partial charge on any atom is 0.336 e. The fraction of sp³-hybridized carbons (Fsp3) is 0.861. The lowest BCUT2D eigenvalue weighted by atomic mass is 9.61. The third-order valence-corrected chi connectivity index (χ3v) is 11.0. The first-order chi connectivity index (χ1) is 21.0. The van der Waals surface area contributed by atoms with E-state index in [1.54, 1.807) is 12.2 Å². The molecule has 0 N–H and O–H groups in total. The predicted octanol–water partition coefficient (Wildman–Crippen LogP) is 5.87. The molecule has 3 saturated carbocycles. The third kappa shape index (κ3) is 8.17. The summed E-state index contributed by atoms with van der Waals surface area (Å²) < 4.78 is 3.89. The summed E-state index contributed by atoms with van der Waals surface area (Å²) >= 11 is 0. The maximum absolute atomic E-state index is 14.4. The number of aromatic nitrogens is 3. The summed E-state index contributed by atoms with van der Waals surface area (Å²) in [4.78, 5) is 73.8. The highest BCUT2D eigenvalue weighted by molar-refractivity contribution is 5.34. The molecule has 0 radical (unpaired) electrons. The van der Waals surface area contributed by atoms with Gasteiger partial charge >= 0.3 is 17.1 Å². The Morgan fingerprint density at radius 2 is 0.848 bits per heavy atom. The van der Waals surface area contributed by atoms with Gasteiger partial charge in [-0.1, -0.05) is 69.2 Å². The van der Waals surface area contributed by atoms with Crippen LogP contribution in [0.5, 0.6) is 0 Å². The van der Waals surface area contributed by atoms with Crippen LogP contribution in [0.3, 0.4) is 0 Å². The Kier molecular flexibility index (Phi) is 9.65. The van der Waals surface area contributed by atoms with Crippen LogP contribution in [0.4, 0.5) is 0 Å². The first-order valence-corrected chi connectivity index (χ1v) is 17.1. The smallest absolute Gasteiger partial charge is 0.247 e. The molecule has 0 aromatic carbocycles. The molecule has 0 saturated heterocycles. The lowest BCUT2D eigenvalue weighted by Crippen LogP contribution is -2.59. The molecule has 0 bridgehead atoms. The van der Waals surface area contributed by atoms with Gasteiger partial charge in [-0.25, -0.2) is 47.7 Å². The molecule has 6 unspecified atom stereocenters. The summed E-state index contributed by atoms with van der Waals surface area (Å²) in [6.07, 6.45) is 10.3. The van der Waals surface area contributed by atoms with Gasteiger partial charge in [-0.05, 0) is 96.2 Å². The summed E-state index contributed by atoms with van der Waals surface area (Å²) in [6, 6.07) is -0.503. The molecule has 3 fully saturated rings. The first kappa shape index (κ1) is 36.0. The van der Waals surface area contributed by atoms with Gasteiger partial charge in [-0.2, -0.15) is 0 Å². The number of nitrogens with zero attached hydrogens (tertiary/aromatic N) is 5. The molecule has 46 heavy (non-hydrogen) atoms. The molecule has 6 atom stereocenters. The Bertz CT molecular complexity index is 1510. The van der Waals surface area contributed by atoms with E-state index < -0.39 is 27.9 Å². The van der Waals surface area contributed by atoms with E-state index in [4.69, 9.17) is 0 Å². The lowest BCUT2D eigenvalue weighted by molar-refractivity contribution is 0.0401. The zero-order valence-electron chi connectivity index (χ0n) is 30.0. The molecule has 0 spiro atoms. The van der Waals surface area contributed by atoms with Gasteiger partial charge in [-0.3, -0.25) is 0 Å². The van der Waals surface area contributed by atoms with Crippen molar-refractivity contribution in [2.45, 2.75) is 159 Å². The van der Waals surface area contributed by atoms with Crippen LogP contribution in [0, 0.1) is 38.4 Å². The number of hydrogen-bond acceptors (Lipinski definition) is 7. The fourth-order valence-electron chi connectivity index (χ4n) is 11.2. The minimum Gasteiger partial charge on any atom is -0.247 e. The van der Waals surface area contributed by atoms with Crippen LogP contribution in [0.25, 0.3) is 0 Å². The number of isocyanates is 2. The number of carbonyl (C=O) groups excluding carboxylic acids is 2. The van der Waals surface area contributed by atoms with Crippen LogP contribution in [0.15, 0.2) is 24.4 Å². The van der Waals surface area contributed by atoms with Gasteiger partial charge in [-0.15, -0.1) is 0 Å². The second-order valence-corrected chi connectivity index (χ2v) is 19.1. The Hall–Kier alpha value is -2.83. The fourth-order valence-corrected chi connectivity index (χ4v) is 11.2. The summed E-state index contributed by atoms with van der Waals surface area (Å²) in [5.41, 5.74) is -3.33. The van der Waals surface area contributed by atoms with Crippen molar-refractivity contribution < 1.29 is 9.59 Å². The molecule has 1 aromatic heterocycles. The van der Waals surface area contributed by atoms with Crippen molar-refractivity contribution in [1.29, 1.82) is 0 Å². The van der Waals surface area contributed by atoms with E-state index in [1.165, 1.54) is 13.7 Å². The van der Waals surface area contributed by atoms with E-state index in [0.717, 1.165) is 44.9 Å². The van der Waals surface area contributed by atoms with Crippen LogP contribution < -0.4 is 17.1 Å². The average molecular weight is 640 g/mol. The molecule has 10 nitrogen and oxygen atoms in total. The van der Waals surface area contributed by atoms with Crippen LogP contribution in [0.1, 0.15) is 127 Å². The van der Waals surface area contributed by atoms with E-state index in [9.17, 15) is 24.0 Å². The zero-order chi connectivity index (χ0) is 34.5. The molecular formula is C36H57N5O5. The van der Waals surface area contributed by atoms with Gasteiger partial charge in [0.15, 0.2) is 0 Å². The Morgan fingerprint density at radius 3 is 1.15 bits per heavy atom. The van der Waals surface area contributed by atoms with Gasteiger partial charge in [0.1, 0.15) is 0 Å². The molecule has 1 heterocycles. The minimum absolute atomic E-state index is 0.0635. The number of aliphatic imine (C=N–C) groups is 2. The highest BCUT2D eigenvalue weighted by atomic mass is 16.2. The van der Waals surface area contributed by atoms with Crippen LogP contribution in [-0.4, -0.2) is 37.9 Å². The summed E-state index contributed by atoms with van der Waals surface area (Å²) in [7, 11) is 0. The van der Waals surface area contributed by atoms with Crippen LogP contribution in [0.2, 0.25) is 0 Å². The highest BCUT2D eigenvalue weighted by Gasteiger charge is 2.45. The number of hydrogen-bond donors (Lipinski definition) is 0. The standard InChI is InChI=1S/C36H57N5O5/c1-25-11-31(2,3)17-34(8,12-25)20-39-28(44)40(21-35(9)15-26(37-23-42)13-32(4,5)18-35)30(46)41(29(39)45)22-36(10)16-27(38-24-43)14-33(6,7)19-36/h25-27H,11-22H2,1-10H3. The summed E-state index contributed by atoms with van der Waals surface area (Å²) in [5, 5.41) is 0. The molecular weight excluding hydrogens is 582 g/mol. The number of rotatable bonds is 8. The molecule has 4 rings (SSSR count). The van der Waals surface area contributed by atoms with Crippen molar-refractivity contribution in [3.63, 3.8) is 0 Å². The van der Waals surface area contributed by atoms with E-state index >= 15 is 0 Å². The average Bonchev–Trinajstić information content (AvgIpc) is 2.84. The largest absolute Gasteiger partial charge is 0.336 e. The van der Waals surface area contributed by atoms with Gasteiger partial charge < -0.3 is 0 Å². The van der Waals surface area contributed by atoms with Crippen molar-refractivity contribution >= 4 is 12.2 Å². The van der Waals surface area contributed by atoms with Gasteiger partial charge in [0.05, 0.1) is 12.1 Å². The summed E-state index contributed by atoms with van der Waals surface area (Å²) in [5.74, 6) is 0.440. The van der Waals surface area contributed by atoms with Crippen molar-refractivity contribution in [2.24, 2.45) is 48.4 Å². The van der Waals surface area contributed by atoms with E-state index in [-0.39, 0.29) is 53.4 Å². The quantitative estimate of drug-likeness (QED) is 0.260. The van der Waals surface area contributed by atoms with Crippen molar-refractivity contribution in [3.8, 4) is 0 Å². The third-order valence-electron chi connectivity index (χ3n) is 11.0. The second-order valence-electron chi connectivity index (χ2n) is 19.1. The molecule has 1 aromatic rings. The normalized spacial score (nSPS) is 35.0. The van der Waals surface area contributed by atoms with Crippen molar-refractivity contribution in [1.82, 2.24) is 13.7 Å². The second kappa shape index (κ2) is 12.3. The molecule has 0 aliphatic heterocycles. The molecule has 256 valence electrons. The van der Waals surface area contributed by atoms with Crippen LogP contribution >= 0.6 is 0 Å². The van der Waals surface area contributed by atoms with E-state index in [1.807, 2.05) is 13.8 Å². The zero-order valence-corrected chi connectivity index (χ0v) is 30.0. The molecule has 3 aliphatic rings. The first-order valence-electron chi connectivity index (χ1n) is 17.1. The SMILES string of the molecule is CC1CC(C)(C)CC(C)(Cn2c(=O)n(CC3(C)CC(N=C=O)CC(C)(C)C3)c(=O)n(CC3(C)CC(N=C=O)CC(C)(C)C3)c2=O)C1.